The first kappa shape index (κ1) is 13.4. The zero-order valence-electron chi connectivity index (χ0n) is 12.1. The van der Waals surface area contributed by atoms with Crippen molar-refractivity contribution in [1.82, 2.24) is 19.3 Å². The fraction of sp³-hybridized carbons (Fsp3) is 0.267. The van der Waals surface area contributed by atoms with Gasteiger partial charge in [-0.3, -0.25) is 14.8 Å². The topological polar surface area (TPSA) is 64.7 Å². The molecule has 0 saturated carbocycles. The van der Waals surface area contributed by atoms with E-state index < -0.39 is 0 Å². The molecule has 6 heteroatoms. The molecule has 3 rings (SSSR count). The number of aromatic nitrogens is 4. The van der Waals surface area contributed by atoms with Gasteiger partial charge in [0, 0.05) is 19.8 Å². The van der Waals surface area contributed by atoms with Crippen LogP contribution in [-0.4, -0.2) is 25.2 Å². The van der Waals surface area contributed by atoms with Crippen LogP contribution in [0.3, 0.4) is 0 Å². The van der Waals surface area contributed by atoms with Crippen LogP contribution in [0.2, 0.25) is 0 Å². The van der Waals surface area contributed by atoms with Crippen molar-refractivity contribution < 1.29 is 4.79 Å². The number of imidazole rings is 1. The Morgan fingerprint density at radius 2 is 2.10 bits per heavy atom. The van der Waals surface area contributed by atoms with Gasteiger partial charge >= 0.3 is 0 Å². The zero-order chi connectivity index (χ0) is 14.8. The minimum Gasteiger partial charge on any atom is -0.313 e. The lowest BCUT2D eigenvalue weighted by atomic mass is 10.3. The summed E-state index contributed by atoms with van der Waals surface area (Å²) in [7, 11) is 1.88. The molecule has 6 nitrogen and oxygen atoms in total. The smallest absolute Gasteiger partial charge is 0.276 e. The van der Waals surface area contributed by atoms with Gasteiger partial charge in [-0.25, -0.2) is 4.98 Å². The zero-order valence-corrected chi connectivity index (χ0v) is 12.1. The van der Waals surface area contributed by atoms with E-state index in [9.17, 15) is 4.79 Å². The molecule has 2 aromatic heterocycles. The third-order valence-electron chi connectivity index (χ3n) is 3.40. The largest absolute Gasteiger partial charge is 0.313 e. The van der Waals surface area contributed by atoms with Gasteiger partial charge in [0.2, 0.25) is 5.95 Å². The SMILES string of the molecule is CCCn1nccc1C(=O)Nc1nc2ccccc2n1C. The van der Waals surface area contributed by atoms with Gasteiger partial charge in [-0.05, 0) is 24.6 Å². The van der Waals surface area contributed by atoms with Crippen molar-refractivity contribution in [3.63, 3.8) is 0 Å². The van der Waals surface area contributed by atoms with E-state index in [1.165, 1.54) is 0 Å². The molecule has 0 aliphatic heterocycles. The van der Waals surface area contributed by atoms with Crippen molar-refractivity contribution >= 4 is 22.9 Å². The van der Waals surface area contributed by atoms with E-state index in [2.05, 4.69) is 22.3 Å². The van der Waals surface area contributed by atoms with Crippen LogP contribution >= 0.6 is 0 Å². The maximum absolute atomic E-state index is 12.4. The van der Waals surface area contributed by atoms with Gasteiger partial charge in [0.15, 0.2) is 0 Å². The molecule has 108 valence electrons. The van der Waals surface area contributed by atoms with Crippen molar-refractivity contribution in [2.75, 3.05) is 5.32 Å². The second kappa shape index (κ2) is 5.40. The maximum atomic E-state index is 12.4. The Bertz CT molecular complexity index is 786. The van der Waals surface area contributed by atoms with E-state index in [0.717, 1.165) is 24.0 Å². The number of benzene rings is 1. The number of nitrogens with one attached hydrogen (secondary N) is 1. The number of amides is 1. The Labute approximate surface area is 122 Å². The number of anilines is 1. The number of carbonyl (C=O) groups is 1. The molecular weight excluding hydrogens is 266 g/mol. The Morgan fingerprint density at radius 3 is 2.86 bits per heavy atom. The number of nitrogens with zero attached hydrogens (tertiary/aromatic N) is 4. The highest BCUT2D eigenvalue weighted by molar-refractivity contribution is 6.02. The van der Waals surface area contributed by atoms with Crippen molar-refractivity contribution in [3.05, 3.63) is 42.2 Å². The summed E-state index contributed by atoms with van der Waals surface area (Å²) in [6.07, 6.45) is 2.56. The lowest BCUT2D eigenvalue weighted by Crippen LogP contribution is -2.19. The van der Waals surface area contributed by atoms with Gasteiger partial charge in [0.05, 0.1) is 11.0 Å². The Morgan fingerprint density at radius 1 is 1.29 bits per heavy atom. The molecule has 0 spiro atoms. The van der Waals surface area contributed by atoms with Crippen LogP contribution in [0.1, 0.15) is 23.8 Å². The average Bonchev–Trinajstić information content (AvgIpc) is 3.06. The molecule has 1 amide bonds. The number of rotatable bonds is 4. The Kier molecular flexibility index (Phi) is 3.43. The summed E-state index contributed by atoms with van der Waals surface area (Å²) in [5.41, 5.74) is 2.39. The quantitative estimate of drug-likeness (QED) is 0.799. The predicted octanol–water partition coefficient (Wildman–Crippen LogP) is 2.43. The van der Waals surface area contributed by atoms with E-state index in [1.807, 2.05) is 35.9 Å². The Hall–Kier alpha value is -2.63. The van der Waals surface area contributed by atoms with Gasteiger partial charge < -0.3 is 4.57 Å². The highest BCUT2D eigenvalue weighted by atomic mass is 16.2. The fourth-order valence-electron chi connectivity index (χ4n) is 2.34. The molecule has 21 heavy (non-hydrogen) atoms. The molecule has 1 N–H and O–H groups in total. The lowest BCUT2D eigenvalue weighted by molar-refractivity contribution is 0.101. The first-order chi connectivity index (χ1) is 10.2. The second-order valence-electron chi connectivity index (χ2n) is 4.88. The van der Waals surface area contributed by atoms with Crippen LogP contribution in [0.4, 0.5) is 5.95 Å². The number of hydrogen-bond donors (Lipinski definition) is 1. The van der Waals surface area contributed by atoms with Crippen molar-refractivity contribution in [2.24, 2.45) is 7.05 Å². The number of hydrogen-bond acceptors (Lipinski definition) is 3. The third-order valence-corrected chi connectivity index (χ3v) is 3.40. The van der Waals surface area contributed by atoms with Crippen LogP contribution in [0.25, 0.3) is 11.0 Å². The fourth-order valence-corrected chi connectivity index (χ4v) is 2.34. The van der Waals surface area contributed by atoms with Gasteiger partial charge in [-0.2, -0.15) is 5.10 Å². The Balaban J connectivity index is 1.89. The highest BCUT2D eigenvalue weighted by Crippen LogP contribution is 2.18. The summed E-state index contributed by atoms with van der Waals surface area (Å²) >= 11 is 0. The molecule has 0 aliphatic carbocycles. The minimum atomic E-state index is -0.195. The van der Waals surface area contributed by atoms with Crippen molar-refractivity contribution in [2.45, 2.75) is 19.9 Å². The molecule has 2 heterocycles. The third kappa shape index (κ3) is 2.40. The minimum absolute atomic E-state index is 0.195. The number of aryl methyl sites for hydroxylation is 2. The van der Waals surface area contributed by atoms with Crippen molar-refractivity contribution in [3.8, 4) is 0 Å². The van der Waals surface area contributed by atoms with Crippen LogP contribution < -0.4 is 5.32 Å². The maximum Gasteiger partial charge on any atom is 0.276 e. The van der Waals surface area contributed by atoms with Crippen molar-refractivity contribution in [1.29, 1.82) is 0 Å². The second-order valence-corrected chi connectivity index (χ2v) is 4.88. The molecule has 3 aromatic rings. The van der Waals surface area contributed by atoms with E-state index in [0.29, 0.717) is 11.6 Å². The summed E-state index contributed by atoms with van der Waals surface area (Å²) in [4.78, 5) is 16.8. The molecular formula is C15H17N5O. The molecule has 0 aliphatic rings. The monoisotopic (exact) mass is 283 g/mol. The molecule has 0 fully saturated rings. The van der Waals surface area contributed by atoms with Gasteiger partial charge in [0.1, 0.15) is 5.69 Å². The molecule has 0 bridgehead atoms. The van der Waals surface area contributed by atoms with Crippen LogP contribution in [0, 0.1) is 0 Å². The normalized spacial score (nSPS) is 11.0. The van der Waals surface area contributed by atoms with Crippen LogP contribution in [0.15, 0.2) is 36.5 Å². The van der Waals surface area contributed by atoms with E-state index in [1.54, 1.807) is 16.9 Å². The summed E-state index contributed by atoms with van der Waals surface area (Å²) in [5.74, 6) is 0.338. The van der Waals surface area contributed by atoms with Gasteiger partial charge in [-0.15, -0.1) is 0 Å². The molecule has 0 radical (unpaired) electrons. The van der Waals surface area contributed by atoms with Gasteiger partial charge in [0.25, 0.3) is 5.91 Å². The molecule has 1 aromatic carbocycles. The molecule has 0 atom stereocenters. The molecule has 0 unspecified atom stereocenters. The van der Waals surface area contributed by atoms with E-state index in [4.69, 9.17) is 0 Å². The van der Waals surface area contributed by atoms with E-state index >= 15 is 0 Å². The van der Waals surface area contributed by atoms with Crippen LogP contribution in [0.5, 0.6) is 0 Å². The first-order valence-electron chi connectivity index (χ1n) is 6.95. The molecule has 0 saturated heterocycles. The van der Waals surface area contributed by atoms with Gasteiger partial charge in [-0.1, -0.05) is 19.1 Å². The number of para-hydroxylation sites is 2. The first-order valence-corrected chi connectivity index (χ1v) is 6.95. The summed E-state index contributed by atoms with van der Waals surface area (Å²) in [6, 6.07) is 9.49. The average molecular weight is 283 g/mol. The lowest BCUT2D eigenvalue weighted by Gasteiger charge is -2.07. The van der Waals surface area contributed by atoms with Crippen LogP contribution in [-0.2, 0) is 13.6 Å². The summed E-state index contributed by atoms with van der Waals surface area (Å²) < 4.78 is 3.58. The highest BCUT2D eigenvalue weighted by Gasteiger charge is 2.15. The number of fused-ring (bicyclic) bond motifs is 1. The predicted molar refractivity (Wildman–Crippen MR) is 81.2 cm³/mol. The summed E-state index contributed by atoms with van der Waals surface area (Å²) in [6.45, 7) is 2.77. The standard InChI is InChI=1S/C15H17N5O/c1-3-10-20-13(8-9-16-20)14(21)18-15-17-11-6-4-5-7-12(11)19(15)2/h4-9H,3,10H2,1-2H3,(H,17,18,21). The number of carbonyl (C=O) groups excluding carboxylic acids is 1. The summed E-state index contributed by atoms with van der Waals surface area (Å²) in [5, 5.41) is 7.02. The van der Waals surface area contributed by atoms with E-state index in [-0.39, 0.29) is 5.91 Å².